The van der Waals surface area contributed by atoms with Gasteiger partial charge in [-0.05, 0) is 31.4 Å². The zero-order valence-corrected chi connectivity index (χ0v) is 12.8. The highest BCUT2D eigenvalue weighted by molar-refractivity contribution is 5.10. The van der Waals surface area contributed by atoms with Gasteiger partial charge >= 0.3 is 0 Å². The summed E-state index contributed by atoms with van der Waals surface area (Å²) in [5.41, 5.74) is 2.38. The molecule has 0 aliphatic carbocycles. The van der Waals surface area contributed by atoms with E-state index in [-0.39, 0.29) is 0 Å². The lowest BCUT2D eigenvalue weighted by molar-refractivity contribution is 0.150. The molecule has 21 heavy (non-hydrogen) atoms. The third kappa shape index (κ3) is 3.54. The molecule has 0 aromatic carbocycles. The Kier molecular flexibility index (Phi) is 4.41. The van der Waals surface area contributed by atoms with Gasteiger partial charge in [0.25, 0.3) is 0 Å². The van der Waals surface area contributed by atoms with Crippen LogP contribution in [0.4, 0.5) is 0 Å². The Bertz CT molecular complexity index is 576. The van der Waals surface area contributed by atoms with Gasteiger partial charge in [0.1, 0.15) is 5.76 Å². The Morgan fingerprint density at radius 1 is 1.43 bits per heavy atom. The predicted octanol–water partition coefficient (Wildman–Crippen LogP) is 2.45. The molecular weight excluding hydrogens is 266 g/mol. The standard InChI is InChI=1S/C16H23N3O2/c1-13-8-15(17-21-13)11-18-9-14(5-7-20-2)10-19-6-3-4-16(19)12-18/h3-4,6,8,14H,5,7,9-12H2,1-2H3/t14-/m1/s1. The molecule has 0 bridgehead atoms. The van der Waals surface area contributed by atoms with E-state index in [1.807, 2.05) is 13.0 Å². The van der Waals surface area contributed by atoms with Crippen LogP contribution in [0.25, 0.3) is 0 Å². The molecule has 0 N–H and O–H groups in total. The fourth-order valence-corrected chi connectivity index (χ4v) is 3.07. The molecule has 0 saturated heterocycles. The zero-order chi connectivity index (χ0) is 14.7. The summed E-state index contributed by atoms with van der Waals surface area (Å²) in [4.78, 5) is 2.45. The lowest BCUT2D eigenvalue weighted by Gasteiger charge is -2.22. The van der Waals surface area contributed by atoms with Crippen molar-refractivity contribution in [2.75, 3.05) is 20.3 Å². The van der Waals surface area contributed by atoms with Crippen molar-refractivity contribution < 1.29 is 9.26 Å². The number of nitrogens with zero attached hydrogens (tertiary/aromatic N) is 3. The summed E-state index contributed by atoms with van der Waals surface area (Å²) in [5, 5.41) is 4.12. The van der Waals surface area contributed by atoms with Crippen LogP contribution in [-0.2, 0) is 24.4 Å². The molecule has 0 saturated carbocycles. The van der Waals surface area contributed by atoms with Gasteiger partial charge < -0.3 is 13.8 Å². The number of ether oxygens (including phenoxy) is 1. The third-order valence-electron chi connectivity index (χ3n) is 4.07. The number of aryl methyl sites for hydroxylation is 1. The summed E-state index contributed by atoms with van der Waals surface area (Å²) in [7, 11) is 1.77. The van der Waals surface area contributed by atoms with Gasteiger partial charge in [0.15, 0.2) is 0 Å². The normalized spacial score (nSPS) is 19.4. The Morgan fingerprint density at radius 2 is 2.33 bits per heavy atom. The van der Waals surface area contributed by atoms with Crippen LogP contribution in [0.15, 0.2) is 28.9 Å². The first-order valence-corrected chi connectivity index (χ1v) is 7.52. The van der Waals surface area contributed by atoms with Gasteiger partial charge in [-0.2, -0.15) is 0 Å². The maximum absolute atomic E-state index is 5.26. The molecule has 5 heteroatoms. The predicted molar refractivity (Wildman–Crippen MR) is 79.8 cm³/mol. The Hall–Kier alpha value is -1.59. The number of aromatic nitrogens is 2. The molecule has 1 aliphatic rings. The van der Waals surface area contributed by atoms with E-state index in [4.69, 9.17) is 9.26 Å². The lowest BCUT2D eigenvalue weighted by Crippen LogP contribution is -2.28. The quantitative estimate of drug-likeness (QED) is 0.848. The minimum atomic E-state index is 0.603. The van der Waals surface area contributed by atoms with E-state index in [1.54, 1.807) is 7.11 Å². The van der Waals surface area contributed by atoms with Crippen molar-refractivity contribution in [1.29, 1.82) is 0 Å². The molecule has 114 valence electrons. The van der Waals surface area contributed by atoms with Gasteiger partial charge in [0.2, 0.25) is 0 Å². The molecule has 1 atom stereocenters. The summed E-state index contributed by atoms with van der Waals surface area (Å²) in [6, 6.07) is 6.36. The second kappa shape index (κ2) is 6.45. The lowest BCUT2D eigenvalue weighted by atomic mass is 10.1. The third-order valence-corrected chi connectivity index (χ3v) is 4.07. The van der Waals surface area contributed by atoms with Crippen molar-refractivity contribution in [3.05, 3.63) is 41.5 Å². The first kappa shape index (κ1) is 14.4. The molecule has 2 aromatic heterocycles. The van der Waals surface area contributed by atoms with Gasteiger partial charge in [0, 0.05) is 57.9 Å². The highest BCUT2D eigenvalue weighted by Gasteiger charge is 2.22. The largest absolute Gasteiger partial charge is 0.385 e. The van der Waals surface area contributed by atoms with Crippen molar-refractivity contribution in [3.8, 4) is 0 Å². The maximum Gasteiger partial charge on any atom is 0.133 e. The molecule has 3 heterocycles. The highest BCUT2D eigenvalue weighted by atomic mass is 16.5. The van der Waals surface area contributed by atoms with Crippen molar-refractivity contribution in [3.63, 3.8) is 0 Å². The van der Waals surface area contributed by atoms with Crippen LogP contribution in [0.5, 0.6) is 0 Å². The first-order chi connectivity index (χ1) is 10.2. The highest BCUT2D eigenvalue weighted by Crippen LogP contribution is 2.21. The van der Waals surface area contributed by atoms with Gasteiger partial charge in [-0.1, -0.05) is 5.16 Å². The Morgan fingerprint density at radius 3 is 3.10 bits per heavy atom. The van der Waals surface area contributed by atoms with Crippen LogP contribution in [0, 0.1) is 12.8 Å². The number of methoxy groups -OCH3 is 1. The number of hydrogen-bond acceptors (Lipinski definition) is 4. The molecule has 5 nitrogen and oxygen atoms in total. The minimum Gasteiger partial charge on any atom is -0.385 e. The minimum absolute atomic E-state index is 0.603. The van der Waals surface area contributed by atoms with Gasteiger partial charge in [0.05, 0.1) is 5.69 Å². The number of hydrogen-bond donors (Lipinski definition) is 0. The SMILES string of the molecule is COCC[C@@H]1CN(Cc2cc(C)on2)Cc2cccn2C1. The number of fused-ring (bicyclic) bond motifs is 1. The van der Waals surface area contributed by atoms with E-state index >= 15 is 0 Å². The van der Waals surface area contributed by atoms with Gasteiger partial charge in [-0.3, -0.25) is 4.90 Å². The van der Waals surface area contributed by atoms with Crippen LogP contribution in [-0.4, -0.2) is 34.9 Å². The van der Waals surface area contributed by atoms with Crippen LogP contribution in [0.2, 0.25) is 0 Å². The maximum atomic E-state index is 5.26. The van der Waals surface area contributed by atoms with E-state index in [2.05, 4.69) is 33.0 Å². The fourth-order valence-electron chi connectivity index (χ4n) is 3.07. The van der Waals surface area contributed by atoms with Crippen LogP contribution in [0.3, 0.4) is 0 Å². The van der Waals surface area contributed by atoms with E-state index in [0.29, 0.717) is 5.92 Å². The fraction of sp³-hybridized carbons (Fsp3) is 0.562. The topological polar surface area (TPSA) is 43.4 Å². The summed E-state index contributed by atoms with van der Waals surface area (Å²) in [6.07, 6.45) is 3.27. The van der Waals surface area contributed by atoms with Crippen molar-refractivity contribution in [2.45, 2.75) is 33.0 Å². The second-order valence-electron chi connectivity index (χ2n) is 5.90. The van der Waals surface area contributed by atoms with Crippen LogP contribution < -0.4 is 0 Å². The summed E-state index contributed by atoms with van der Waals surface area (Å²) in [6.45, 7) is 6.69. The van der Waals surface area contributed by atoms with Crippen LogP contribution >= 0.6 is 0 Å². The van der Waals surface area contributed by atoms with E-state index < -0.39 is 0 Å². The summed E-state index contributed by atoms with van der Waals surface area (Å²) < 4.78 is 12.8. The summed E-state index contributed by atoms with van der Waals surface area (Å²) >= 11 is 0. The van der Waals surface area contributed by atoms with E-state index in [9.17, 15) is 0 Å². The molecule has 0 spiro atoms. The zero-order valence-electron chi connectivity index (χ0n) is 12.8. The van der Waals surface area contributed by atoms with Crippen LogP contribution in [0.1, 0.15) is 23.6 Å². The van der Waals surface area contributed by atoms with Crippen molar-refractivity contribution >= 4 is 0 Å². The summed E-state index contributed by atoms with van der Waals surface area (Å²) in [5.74, 6) is 1.48. The Labute approximate surface area is 125 Å². The van der Waals surface area contributed by atoms with E-state index in [0.717, 1.165) is 50.7 Å². The van der Waals surface area contributed by atoms with E-state index in [1.165, 1.54) is 5.69 Å². The second-order valence-corrected chi connectivity index (χ2v) is 5.90. The molecule has 0 fully saturated rings. The monoisotopic (exact) mass is 289 g/mol. The number of rotatable bonds is 5. The molecular formula is C16H23N3O2. The Balaban J connectivity index is 1.73. The average molecular weight is 289 g/mol. The average Bonchev–Trinajstić information content (AvgIpc) is 3.02. The molecule has 3 rings (SSSR count). The molecule has 1 aliphatic heterocycles. The molecule has 0 unspecified atom stereocenters. The van der Waals surface area contributed by atoms with Crippen molar-refractivity contribution in [2.24, 2.45) is 5.92 Å². The smallest absolute Gasteiger partial charge is 0.133 e. The molecule has 0 radical (unpaired) electrons. The van der Waals surface area contributed by atoms with Crippen molar-refractivity contribution in [1.82, 2.24) is 14.6 Å². The van der Waals surface area contributed by atoms with Gasteiger partial charge in [-0.25, -0.2) is 0 Å². The first-order valence-electron chi connectivity index (χ1n) is 7.52. The van der Waals surface area contributed by atoms with Gasteiger partial charge in [-0.15, -0.1) is 0 Å². The molecule has 2 aromatic rings. The molecule has 0 amide bonds.